The van der Waals surface area contributed by atoms with Gasteiger partial charge in [-0.2, -0.15) is 0 Å². The van der Waals surface area contributed by atoms with Crippen molar-refractivity contribution in [3.8, 4) is 0 Å². The van der Waals surface area contributed by atoms with Crippen molar-refractivity contribution < 1.29 is 0 Å². The van der Waals surface area contributed by atoms with Crippen molar-refractivity contribution in [3.63, 3.8) is 0 Å². The maximum absolute atomic E-state index is 2.68. The van der Waals surface area contributed by atoms with Crippen LogP contribution in [-0.4, -0.2) is 6.71 Å². The number of benzene rings is 7. The number of para-hydroxylation sites is 6. The lowest BCUT2D eigenvalue weighted by Crippen LogP contribution is -2.62. The summed E-state index contributed by atoms with van der Waals surface area (Å²) in [6.45, 7) is 32.9. The lowest BCUT2D eigenvalue weighted by molar-refractivity contribution is 0.587. The molecule has 7 aromatic carbocycles. The van der Waals surface area contributed by atoms with Crippen molar-refractivity contribution >= 4 is 74.3 Å². The van der Waals surface area contributed by atoms with Crippen LogP contribution >= 0.6 is 0 Å². The van der Waals surface area contributed by atoms with E-state index in [-0.39, 0.29) is 28.4 Å². The van der Waals surface area contributed by atoms with Gasteiger partial charge in [0, 0.05) is 45.5 Å². The van der Waals surface area contributed by atoms with Crippen LogP contribution in [0.25, 0.3) is 0 Å². The second-order valence-electron chi connectivity index (χ2n) is 22.4. The molecule has 4 heteroatoms. The van der Waals surface area contributed by atoms with Crippen LogP contribution in [0.5, 0.6) is 0 Å². The number of rotatable bonds is 5. The highest BCUT2D eigenvalue weighted by Crippen LogP contribution is 2.53. The standard InChI is InChI=1S/C60H66BN3/c1-39-25-15-19-33-48(39)62(49-34-20-16-26-40(49)2)41-37-52-54-53(38-41)64(51-36-22-18-28-43(51)58(6,7)8)56-45(60(12,13)14)30-24-32-47(56)61(54)46-31-23-29-44(59(9,10)11)55(46)63(52)50-35-21-17-27-42(50)57(3,4)5/h15-38H,1-14H3. The topological polar surface area (TPSA) is 9.72 Å². The van der Waals surface area contributed by atoms with E-state index in [2.05, 4.69) is 257 Å². The Labute approximate surface area is 384 Å². The SMILES string of the molecule is Cc1ccccc1N(c1cc2c3c(c1)N(c1ccccc1C(C)(C)C)c1c(cccc1C(C)(C)C)B3c1cccc(C(C)(C)C)c1N2c1ccccc1C(C)(C)C)c1ccccc1C. The van der Waals surface area contributed by atoms with Gasteiger partial charge in [0.25, 0.3) is 6.71 Å². The van der Waals surface area contributed by atoms with Crippen molar-refractivity contribution in [1.82, 2.24) is 0 Å². The average Bonchev–Trinajstić information content (AvgIpc) is 3.23. The van der Waals surface area contributed by atoms with Crippen molar-refractivity contribution in [2.24, 2.45) is 0 Å². The zero-order valence-corrected chi connectivity index (χ0v) is 40.8. The third kappa shape index (κ3) is 7.14. The summed E-state index contributed by atoms with van der Waals surface area (Å²) in [6, 6.07) is 55.4. The largest absolute Gasteiger partial charge is 0.311 e. The van der Waals surface area contributed by atoms with Gasteiger partial charge < -0.3 is 14.7 Å². The predicted octanol–water partition coefficient (Wildman–Crippen LogP) is 15.0. The normalized spacial score (nSPS) is 13.7. The molecule has 0 unspecified atom stereocenters. The van der Waals surface area contributed by atoms with Crippen LogP contribution in [0.4, 0.5) is 51.2 Å². The molecule has 0 radical (unpaired) electrons. The molecule has 3 nitrogen and oxygen atoms in total. The number of nitrogens with zero attached hydrogens (tertiary/aromatic N) is 3. The Morgan fingerprint density at radius 1 is 0.375 bits per heavy atom. The highest BCUT2D eigenvalue weighted by atomic mass is 15.2. The number of anilines is 9. The number of hydrogen-bond donors (Lipinski definition) is 0. The Morgan fingerprint density at radius 2 is 0.719 bits per heavy atom. The first-order valence-electron chi connectivity index (χ1n) is 23.3. The molecule has 0 atom stereocenters. The van der Waals surface area contributed by atoms with Crippen LogP contribution in [-0.2, 0) is 21.7 Å². The molecule has 9 rings (SSSR count). The highest BCUT2D eigenvalue weighted by Gasteiger charge is 2.47. The molecule has 0 aliphatic carbocycles. The first kappa shape index (κ1) is 43.3. The quantitative estimate of drug-likeness (QED) is 0.160. The van der Waals surface area contributed by atoms with E-state index >= 15 is 0 Å². The Kier molecular flexibility index (Phi) is 10.4. The summed E-state index contributed by atoms with van der Waals surface area (Å²) in [5, 5.41) is 0. The van der Waals surface area contributed by atoms with Gasteiger partial charge in [0.1, 0.15) is 0 Å². The van der Waals surface area contributed by atoms with E-state index < -0.39 is 0 Å². The Morgan fingerprint density at radius 3 is 1.09 bits per heavy atom. The minimum atomic E-state index is -0.144. The van der Waals surface area contributed by atoms with Crippen molar-refractivity contribution in [2.75, 3.05) is 14.7 Å². The summed E-state index contributed by atoms with van der Waals surface area (Å²) in [7, 11) is 0. The summed E-state index contributed by atoms with van der Waals surface area (Å²) in [4.78, 5) is 7.87. The molecular weight excluding hydrogens is 773 g/mol. The van der Waals surface area contributed by atoms with E-state index in [0.29, 0.717) is 0 Å². The van der Waals surface area contributed by atoms with Gasteiger partial charge in [0.05, 0.1) is 5.69 Å². The van der Waals surface area contributed by atoms with Gasteiger partial charge in [-0.1, -0.05) is 192 Å². The summed E-state index contributed by atoms with van der Waals surface area (Å²) < 4.78 is 0. The third-order valence-corrected chi connectivity index (χ3v) is 13.6. The molecule has 0 amide bonds. The zero-order valence-electron chi connectivity index (χ0n) is 40.8. The van der Waals surface area contributed by atoms with Gasteiger partial charge in [0.2, 0.25) is 0 Å². The molecule has 324 valence electrons. The molecule has 0 spiro atoms. The third-order valence-electron chi connectivity index (χ3n) is 13.6. The lowest BCUT2D eigenvalue weighted by Gasteiger charge is -2.48. The highest BCUT2D eigenvalue weighted by molar-refractivity contribution is 7.00. The summed E-state index contributed by atoms with van der Waals surface area (Å²) in [5.74, 6) is 0. The van der Waals surface area contributed by atoms with Crippen LogP contribution in [0, 0.1) is 13.8 Å². The smallest absolute Gasteiger partial charge is 0.252 e. The minimum Gasteiger partial charge on any atom is -0.311 e. The van der Waals surface area contributed by atoms with E-state index in [1.54, 1.807) is 0 Å². The van der Waals surface area contributed by atoms with E-state index in [9.17, 15) is 0 Å². The maximum Gasteiger partial charge on any atom is 0.252 e. The van der Waals surface area contributed by atoms with E-state index in [4.69, 9.17) is 0 Å². The van der Waals surface area contributed by atoms with Crippen LogP contribution in [0.15, 0.2) is 146 Å². The second-order valence-corrected chi connectivity index (χ2v) is 22.4. The van der Waals surface area contributed by atoms with Crippen LogP contribution in [0.2, 0.25) is 0 Å². The first-order chi connectivity index (χ1) is 30.2. The second kappa shape index (κ2) is 15.3. The molecule has 0 fully saturated rings. The van der Waals surface area contributed by atoms with Gasteiger partial charge in [-0.15, -0.1) is 0 Å². The summed E-state index contributed by atoms with van der Waals surface area (Å²) >= 11 is 0. The summed E-state index contributed by atoms with van der Waals surface area (Å²) in [6.07, 6.45) is 0. The number of aryl methyl sites for hydroxylation is 2. The van der Waals surface area contributed by atoms with E-state index in [0.717, 1.165) is 5.69 Å². The molecule has 0 aromatic heterocycles. The molecule has 2 aliphatic rings. The molecule has 2 heterocycles. The van der Waals surface area contributed by atoms with Crippen molar-refractivity contribution in [2.45, 2.75) is 119 Å². The molecule has 64 heavy (non-hydrogen) atoms. The predicted molar refractivity (Wildman–Crippen MR) is 279 cm³/mol. The molecule has 0 bridgehead atoms. The maximum atomic E-state index is 2.68. The van der Waals surface area contributed by atoms with Crippen LogP contribution in [0.3, 0.4) is 0 Å². The number of fused-ring (bicyclic) bond motifs is 4. The molecular formula is C60H66BN3. The van der Waals surface area contributed by atoms with Gasteiger partial charge in [-0.05, 0) is 122 Å². The van der Waals surface area contributed by atoms with Crippen molar-refractivity contribution in [3.05, 3.63) is 179 Å². The van der Waals surface area contributed by atoms with E-state index in [1.807, 2.05) is 0 Å². The Hall–Kier alpha value is -6.00. The van der Waals surface area contributed by atoms with Gasteiger partial charge in [-0.3, -0.25) is 0 Å². The fourth-order valence-electron chi connectivity index (χ4n) is 10.6. The van der Waals surface area contributed by atoms with Gasteiger partial charge in [-0.25, -0.2) is 0 Å². The van der Waals surface area contributed by atoms with Gasteiger partial charge >= 0.3 is 0 Å². The average molecular weight is 840 g/mol. The van der Waals surface area contributed by atoms with Gasteiger partial charge in [0.15, 0.2) is 0 Å². The van der Waals surface area contributed by atoms with Crippen LogP contribution < -0.4 is 31.1 Å². The van der Waals surface area contributed by atoms with Crippen molar-refractivity contribution in [1.29, 1.82) is 0 Å². The minimum absolute atomic E-state index is 0.0184. The molecule has 2 aliphatic heterocycles. The molecule has 0 saturated heterocycles. The number of hydrogen-bond acceptors (Lipinski definition) is 3. The Bertz CT molecular complexity index is 2740. The first-order valence-corrected chi connectivity index (χ1v) is 23.3. The monoisotopic (exact) mass is 840 g/mol. The lowest BCUT2D eigenvalue weighted by atomic mass is 9.33. The van der Waals surface area contributed by atoms with Crippen LogP contribution in [0.1, 0.15) is 116 Å². The molecule has 7 aromatic rings. The molecule has 0 saturated carbocycles. The summed E-state index contributed by atoms with van der Waals surface area (Å²) in [5.41, 5.74) is 22.2. The fourth-order valence-corrected chi connectivity index (χ4v) is 10.6. The fraction of sp³-hybridized carbons (Fsp3) is 0.300. The Balaban J connectivity index is 1.54. The van der Waals surface area contributed by atoms with E-state index in [1.165, 1.54) is 95.3 Å². The zero-order chi connectivity index (χ0) is 45.7. The molecule has 0 N–H and O–H groups in total.